The first kappa shape index (κ1) is 25.5. The van der Waals surface area contributed by atoms with Crippen molar-refractivity contribution >= 4 is 23.5 Å². The smallest absolute Gasteiger partial charge is 0.325 e. The predicted octanol–water partition coefficient (Wildman–Crippen LogP) is 5.24. The Kier molecular flexibility index (Phi) is 7.44. The summed E-state index contributed by atoms with van der Waals surface area (Å²) in [5.41, 5.74) is 3.24. The minimum Gasteiger partial charge on any atom is -0.491 e. The lowest BCUT2D eigenvalue weighted by molar-refractivity contribution is -0.129. The molecule has 8 nitrogen and oxygen atoms in total. The van der Waals surface area contributed by atoms with Crippen molar-refractivity contribution in [2.75, 3.05) is 13.2 Å². The highest BCUT2D eigenvalue weighted by Gasteiger charge is 2.46. The molecule has 1 saturated heterocycles. The third-order valence-electron chi connectivity index (χ3n) is 6.65. The van der Waals surface area contributed by atoms with E-state index in [9.17, 15) is 9.59 Å². The minimum atomic E-state index is -0.842. The third-order valence-corrected chi connectivity index (χ3v) is 6.90. The summed E-state index contributed by atoms with van der Waals surface area (Å²) in [7, 11) is 0. The molecule has 3 amide bonds. The van der Waals surface area contributed by atoms with Crippen LogP contribution in [-0.4, -0.2) is 45.1 Å². The Balaban J connectivity index is 1.48. The Hall–Kier alpha value is -4.14. The summed E-state index contributed by atoms with van der Waals surface area (Å²) in [6, 6.07) is 22.0. The Morgan fingerprint density at radius 1 is 1.03 bits per heavy atom. The first-order valence-electron chi connectivity index (χ1n) is 12.3. The molecule has 0 saturated carbocycles. The van der Waals surface area contributed by atoms with Crippen LogP contribution in [0.15, 0.2) is 85.1 Å². The second-order valence-electron chi connectivity index (χ2n) is 9.07. The molecule has 194 valence electrons. The number of nitrogens with one attached hydrogen (secondary N) is 2. The summed E-state index contributed by atoms with van der Waals surface area (Å²) in [6.07, 6.45) is 1.70. The van der Waals surface area contributed by atoms with Gasteiger partial charge in [-0.15, -0.1) is 0 Å². The number of imide groups is 1. The first-order valence-corrected chi connectivity index (χ1v) is 12.7. The van der Waals surface area contributed by atoms with Crippen LogP contribution in [0.2, 0.25) is 5.02 Å². The number of carbonyl (C=O) groups is 2. The number of aliphatic hydroxyl groups is 1. The number of nitrogens with zero attached hydrogens (tertiary/aromatic N) is 2. The fourth-order valence-corrected chi connectivity index (χ4v) is 4.81. The van der Waals surface area contributed by atoms with E-state index in [1.54, 1.807) is 42.6 Å². The largest absolute Gasteiger partial charge is 0.491 e. The third kappa shape index (κ3) is 5.14. The van der Waals surface area contributed by atoms with Gasteiger partial charge in [-0.25, -0.2) is 9.78 Å². The van der Waals surface area contributed by atoms with Crippen LogP contribution >= 0.6 is 11.6 Å². The van der Waals surface area contributed by atoms with E-state index in [2.05, 4.69) is 15.3 Å². The van der Waals surface area contributed by atoms with Crippen LogP contribution in [0.3, 0.4) is 0 Å². The average molecular weight is 531 g/mol. The fraction of sp³-hybridized carbons (Fsp3) is 0.207. The van der Waals surface area contributed by atoms with Crippen molar-refractivity contribution in [2.24, 2.45) is 0 Å². The molecular weight excluding hydrogens is 504 g/mol. The molecule has 38 heavy (non-hydrogen) atoms. The number of aliphatic hydroxyl groups excluding tert-OH is 1. The number of rotatable bonds is 9. The van der Waals surface area contributed by atoms with Crippen molar-refractivity contribution in [3.8, 4) is 17.0 Å². The molecule has 3 aromatic carbocycles. The Labute approximate surface area is 225 Å². The maximum Gasteiger partial charge on any atom is 0.325 e. The fourth-order valence-electron chi connectivity index (χ4n) is 4.69. The zero-order valence-corrected chi connectivity index (χ0v) is 21.4. The van der Waals surface area contributed by atoms with E-state index in [1.807, 2.05) is 49.4 Å². The van der Waals surface area contributed by atoms with Crippen molar-refractivity contribution in [2.45, 2.75) is 24.9 Å². The number of urea groups is 1. The SMILES string of the molecule is C[C@H](c1ccccc1)[C@@H](c1ncc(-c2ccc(Cl)cc2)[nH]1)N1C(=O)N[C@H](c2ccc(OCCO)cc2)C1=O. The second-order valence-corrected chi connectivity index (χ2v) is 9.50. The van der Waals surface area contributed by atoms with Gasteiger partial charge in [-0.1, -0.05) is 73.1 Å². The van der Waals surface area contributed by atoms with Crippen molar-refractivity contribution < 1.29 is 19.4 Å². The molecule has 0 spiro atoms. The van der Waals surface area contributed by atoms with E-state index in [0.717, 1.165) is 16.8 Å². The Morgan fingerprint density at radius 3 is 2.42 bits per heavy atom. The number of hydrogen-bond donors (Lipinski definition) is 3. The molecule has 1 fully saturated rings. The molecule has 1 aromatic heterocycles. The second kappa shape index (κ2) is 11.1. The number of H-pyrrole nitrogens is 1. The maximum atomic E-state index is 13.8. The summed E-state index contributed by atoms with van der Waals surface area (Å²) in [5.74, 6) is 0.458. The maximum absolute atomic E-state index is 13.8. The Bertz CT molecular complexity index is 1410. The Morgan fingerprint density at radius 2 is 1.74 bits per heavy atom. The summed E-state index contributed by atoms with van der Waals surface area (Å²) in [6.45, 7) is 2.06. The van der Waals surface area contributed by atoms with Gasteiger partial charge in [-0.2, -0.15) is 0 Å². The van der Waals surface area contributed by atoms with E-state index < -0.39 is 18.1 Å². The first-order chi connectivity index (χ1) is 18.5. The summed E-state index contributed by atoms with van der Waals surface area (Å²) in [5, 5.41) is 12.4. The van der Waals surface area contributed by atoms with E-state index in [0.29, 0.717) is 22.2 Å². The zero-order chi connectivity index (χ0) is 26.6. The standard InChI is InChI=1S/C29H27ClN4O4/c1-18(19-5-3-2-4-6-19)26(27-31-17-24(32-27)20-7-11-22(30)12-8-20)34-28(36)25(33-29(34)37)21-9-13-23(14-10-21)38-16-15-35/h2-14,17-18,25-26,35H,15-16H2,1H3,(H,31,32)(H,33,37)/t18-,25-,26+/m1/s1. The number of carbonyl (C=O) groups excluding carboxylic acids is 2. The van der Waals surface area contributed by atoms with Crippen LogP contribution in [0.5, 0.6) is 5.75 Å². The van der Waals surface area contributed by atoms with Crippen molar-refractivity contribution in [1.29, 1.82) is 0 Å². The van der Waals surface area contributed by atoms with Gasteiger partial charge < -0.3 is 20.1 Å². The summed E-state index contributed by atoms with van der Waals surface area (Å²) in [4.78, 5) is 36.3. The quantitative estimate of drug-likeness (QED) is 0.256. The van der Waals surface area contributed by atoms with Crippen LogP contribution in [0, 0.1) is 0 Å². The van der Waals surface area contributed by atoms with Gasteiger partial charge in [0.1, 0.15) is 30.3 Å². The van der Waals surface area contributed by atoms with Crippen LogP contribution in [0.1, 0.15) is 41.9 Å². The van der Waals surface area contributed by atoms with Gasteiger partial charge in [-0.3, -0.25) is 9.69 Å². The van der Waals surface area contributed by atoms with Crippen LogP contribution in [0.25, 0.3) is 11.3 Å². The van der Waals surface area contributed by atoms with Gasteiger partial charge in [0.25, 0.3) is 5.91 Å². The molecule has 1 aliphatic rings. The highest BCUT2D eigenvalue weighted by Crippen LogP contribution is 2.39. The molecule has 3 atom stereocenters. The number of benzene rings is 3. The molecule has 3 N–H and O–H groups in total. The monoisotopic (exact) mass is 530 g/mol. The molecule has 4 aromatic rings. The number of halogens is 1. The van der Waals surface area contributed by atoms with Gasteiger partial charge in [0.05, 0.1) is 18.5 Å². The number of aromatic amines is 1. The number of imidazole rings is 1. The average Bonchev–Trinajstić information content (AvgIpc) is 3.54. The molecule has 0 bridgehead atoms. The highest BCUT2D eigenvalue weighted by atomic mass is 35.5. The van der Waals surface area contributed by atoms with Gasteiger partial charge in [0.15, 0.2) is 0 Å². The molecule has 1 aliphatic heterocycles. The highest BCUT2D eigenvalue weighted by molar-refractivity contribution is 6.30. The molecular formula is C29H27ClN4O4. The van der Waals surface area contributed by atoms with Gasteiger partial charge in [0.2, 0.25) is 0 Å². The van der Waals surface area contributed by atoms with Gasteiger partial charge in [0, 0.05) is 10.9 Å². The topological polar surface area (TPSA) is 108 Å². The van der Waals surface area contributed by atoms with E-state index in [1.165, 1.54) is 4.90 Å². The summed E-state index contributed by atoms with van der Waals surface area (Å²) >= 11 is 6.05. The zero-order valence-electron chi connectivity index (χ0n) is 20.7. The van der Waals surface area contributed by atoms with Crippen LogP contribution < -0.4 is 10.1 Å². The van der Waals surface area contributed by atoms with E-state index in [-0.39, 0.29) is 25.0 Å². The van der Waals surface area contributed by atoms with E-state index >= 15 is 0 Å². The molecule has 0 radical (unpaired) electrons. The van der Waals surface area contributed by atoms with E-state index in [4.69, 9.17) is 21.4 Å². The summed E-state index contributed by atoms with van der Waals surface area (Å²) < 4.78 is 5.41. The van der Waals surface area contributed by atoms with Crippen LogP contribution in [-0.2, 0) is 4.79 Å². The van der Waals surface area contributed by atoms with Crippen molar-refractivity contribution in [3.05, 3.63) is 107 Å². The van der Waals surface area contributed by atoms with Gasteiger partial charge in [-0.05, 0) is 41.0 Å². The van der Waals surface area contributed by atoms with Crippen molar-refractivity contribution in [3.63, 3.8) is 0 Å². The normalized spacial score (nSPS) is 16.8. The number of aromatic nitrogens is 2. The van der Waals surface area contributed by atoms with Gasteiger partial charge >= 0.3 is 6.03 Å². The lowest BCUT2D eigenvalue weighted by atomic mass is 9.91. The molecule has 9 heteroatoms. The van der Waals surface area contributed by atoms with Crippen molar-refractivity contribution in [1.82, 2.24) is 20.2 Å². The molecule has 2 heterocycles. The minimum absolute atomic E-state index is 0.0959. The molecule has 0 aliphatic carbocycles. The predicted molar refractivity (Wildman–Crippen MR) is 144 cm³/mol. The van der Waals surface area contributed by atoms with Crippen LogP contribution in [0.4, 0.5) is 4.79 Å². The molecule has 0 unspecified atom stereocenters. The lowest BCUT2D eigenvalue weighted by Crippen LogP contribution is -2.38. The number of ether oxygens (including phenoxy) is 1. The lowest BCUT2D eigenvalue weighted by Gasteiger charge is -2.29. The number of hydrogen-bond acceptors (Lipinski definition) is 5. The number of amides is 3. The molecule has 5 rings (SSSR count).